The van der Waals surface area contributed by atoms with E-state index in [1.54, 1.807) is 0 Å². The average molecular weight is 274 g/mol. The fourth-order valence-electron chi connectivity index (χ4n) is 2.16. The van der Waals surface area contributed by atoms with Gasteiger partial charge in [0.1, 0.15) is 18.5 Å². The molecule has 0 aliphatic carbocycles. The molecule has 2 rings (SSSR count). The van der Waals surface area contributed by atoms with Gasteiger partial charge in [0.05, 0.1) is 18.7 Å². The first-order valence-corrected chi connectivity index (χ1v) is 6.91. The maximum absolute atomic E-state index is 5.88. The zero-order chi connectivity index (χ0) is 14.4. The summed E-state index contributed by atoms with van der Waals surface area (Å²) in [5, 5.41) is 0. The average Bonchev–Trinajstić information content (AvgIpc) is 2.44. The predicted octanol–water partition coefficient (Wildman–Crippen LogP) is 1.01. The first-order valence-electron chi connectivity index (χ1n) is 6.91. The van der Waals surface area contributed by atoms with Crippen LogP contribution in [0.5, 0.6) is 5.75 Å². The molecule has 2 N–H and O–H groups in total. The van der Waals surface area contributed by atoms with E-state index in [1.807, 2.05) is 25.1 Å². The minimum Gasteiger partial charge on any atom is -0.490 e. The van der Waals surface area contributed by atoms with E-state index in [2.05, 4.69) is 23.8 Å². The number of rotatable bonds is 3. The van der Waals surface area contributed by atoms with Crippen molar-refractivity contribution in [2.45, 2.75) is 13.0 Å². The van der Waals surface area contributed by atoms with Crippen LogP contribution in [0.15, 0.2) is 18.2 Å². The lowest BCUT2D eigenvalue weighted by Crippen LogP contribution is -2.42. The van der Waals surface area contributed by atoms with E-state index in [4.69, 9.17) is 15.2 Å². The Hall–Kier alpha value is -1.54. The summed E-state index contributed by atoms with van der Waals surface area (Å²) in [7, 11) is 2.10. The van der Waals surface area contributed by atoms with Crippen LogP contribution in [0, 0.1) is 18.8 Å². The van der Waals surface area contributed by atoms with Crippen molar-refractivity contribution in [1.82, 2.24) is 4.90 Å². The van der Waals surface area contributed by atoms with E-state index < -0.39 is 0 Å². The van der Waals surface area contributed by atoms with E-state index in [1.165, 1.54) is 0 Å². The molecule has 0 amide bonds. The van der Waals surface area contributed by atoms with E-state index in [9.17, 15) is 0 Å². The molecule has 0 aromatic heterocycles. The van der Waals surface area contributed by atoms with Crippen LogP contribution in [0.4, 0.5) is 0 Å². The molecule has 1 aliphatic heterocycles. The van der Waals surface area contributed by atoms with Crippen LogP contribution in [-0.2, 0) is 4.74 Å². The second-order valence-electron chi connectivity index (χ2n) is 5.07. The fourth-order valence-corrected chi connectivity index (χ4v) is 2.16. The Labute approximate surface area is 120 Å². The zero-order valence-electron chi connectivity index (χ0n) is 12.2. The Bertz CT molecular complexity index is 505. The third-order valence-electron chi connectivity index (χ3n) is 3.23. The lowest BCUT2D eigenvalue weighted by Gasteiger charge is -2.29. The maximum Gasteiger partial charge on any atom is 0.135 e. The largest absolute Gasteiger partial charge is 0.490 e. The molecule has 1 aromatic carbocycles. The Morgan fingerprint density at radius 3 is 3.10 bits per heavy atom. The molecule has 1 fully saturated rings. The molecule has 0 spiro atoms. The topological polar surface area (TPSA) is 47.7 Å². The fraction of sp³-hybridized carbons (Fsp3) is 0.500. The van der Waals surface area contributed by atoms with E-state index >= 15 is 0 Å². The van der Waals surface area contributed by atoms with Crippen molar-refractivity contribution in [2.24, 2.45) is 5.73 Å². The van der Waals surface area contributed by atoms with Crippen molar-refractivity contribution >= 4 is 0 Å². The quantitative estimate of drug-likeness (QED) is 0.836. The highest BCUT2D eigenvalue weighted by Crippen LogP contribution is 2.20. The van der Waals surface area contributed by atoms with Gasteiger partial charge < -0.3 is 20.1 Å². The first-order chi connectivity index (χ1) is 9.69. The molecule has 0 saturated carbocycles. The molecule has 1 unspecified atom stereocenters. The van der Waals surface area contributed by atoms with Crippen molar-refractivity contribution in [3.05, 3.63) is 29.3 Å². The van der Waals surface area contributed by atoms with Crippen molar-refractivity contribution in [2.75, 3.05) is 39.9 Å². The van der Waals surface area contributed by atoms with Crippen LogP contribution >= 0.6 is 0 Å². The maximum atomic E-state index is 5.88. The van der Waals surface area contributed by atoms with Gasteiger partial charge in [-0.3, -0.25) is 0 Å². The van der Waals surface area contributed by atoms with Gasteiger partial charge in [0.25, 0.3) is 0 Å². The lowest BCUT2D eigenvalue weighted by molar-refractivity contribution is -0.0403. The Balaban J connectivity index is 2.01. The second-order valence-corrected chi connectivity index (χ2v) is 5.07. The Morgan fingerprint density at radius 2 is 2.35 bits per heavy atom. The minimum absolute atomic E-state index is 0.116. The van der Waals surface area contributed by atoms with Crippen LogP contribution < -0.4 is 10.5 Å². The van der Waals surface area contributed by atoms with Gasteiger partial charge in [0.15, 0.2) is 0 Å². The number of likely N-dealkylation sites (N-methyl/N-ethyl adjacent to an activating group) is 1. The summed E-state index contributed by atoms with van der Waals surface area (Å²) in [4.78, 5) is 2.25. The van der Waals surface area contributed by atoms with E-state index in [0.29, 0.717) is 13.2 Å². The van der Waals surface area contributed by atoms with E-state index in [0.717, 1.165) is 36.6 Å². The van der Waals surface area contributed by atoms with Crippen LogP contribution in [0.1, 0.15) is 11.1 Å². The second kappa shape index (κ2) is 7.30. The number of benzene rings is 1. The van der Waals surface area contributed by atoms with E-state index in [-0.39, 0.29) is 6.10 Å². The number of aryl methyl sites for hydroxylation is 1. The molecule has 0 radical (unpaired) electrons. The summed E-state index contributed by atoms with van der Waals surface area (Å²) in [5.74, 6) is 6.73. The first kappa shape index (κ1) is 14.9. The minimum atomic E-state index is 0.116. The van der Waals surface area contributed by atoms with Crippen LogP contribution in [0.25, 0.3) is 0 Å². The summed E-state index contributed by atoms with van der Waals surface area (Å²) in [5.41, 5.74) is 7.48. The van der Waals surface area contributed by atoms with Gasteiger partial charge in [-0.05, 0) is 31.7 Å². The van der Waals surface area contributed by atoms with Crippen molar-refractivity contribution in [3.63, 3.8) is 0 Å². The van der Waals surface area contributed by atoms with Crippen molar-refractivity contribution < 1.29 is 9.47 Å². The molecule has 1 aromatic rings. The number of morpholine rings is 1. The van der Waals surface area contributed by atoms with Gasteiger partial charge in [0.2, 0.25) is 0 Å². The Morgan fingerprint density at radius 1 is 1.50 bits per heavy atom. The molecular formula is C16H22N2O2. The van der Waals surface area contributed by atoms with Gasteiger partial charge in [-0.1, -0.05) is 17.9 Å². The molecule has 1 atom stereocenters. The molecule has 1 saturated heterocycles. The molecule has 108 valence electrons. The summed E-state index contributed by atoms with van der Waals surface area (Å²) in [6.45, 7) is 5.58. The van der Waals surface area contributed by atoms with Crippen LogP contribution in [0.3, 0.4) is 0 Å². The SMILES string of the molecule is Cc1ccc(OCC2CN(C)CCO2)c(C#CCN)c1. The predicted molar refractivity (Wildman–Crippen MR) is 79.8 cm³/mol. The number of nitrogens with zero attached hydrogens (tertiary/aromatic N) is 1. The molecule has 4 heteroatoms. The van der Waals surface area contributed by atoms with Gasteiger partial charge in [-0.2, -0.15) is 0 Å². The summed E-state index contributed by atoms with van der Waals surface area (Å²) in [6, 6.07) is 6.01. The van der Waals surface area contributed by atoms with Gasteiger partial charge in [-0.25, -0.2) is 0 Å². The highest BCUT2D eigenvalue weighted by atomic mass is 16.5. The third-order valence-corrected chi connectivity index (χ3v) is 3.23. The third kappa shape index (κ3) is 4.24. The highest BCUT2D eigenvalue weighted by molar-refractivity contribution is 5.48. The monoisotopic (exact) mass is 274 g/mol. The molecule has 1 aliphatic rings. The number of nitrogens with two attached hydrogens (primary N) is 1. The van der Waals surface area contributed by atoms with Gasteiger partial charge in [0, 0.05) is 13.1 Å². The van der Waals surface area contributed by atoms with Crippen molar-refractivity contribution in [1.29, 1.82) is 0 Å². The highest BCUT2D eigenvalue weighted by Gasteiger charge is 2.18. The molecule has 4 nitrogen and oxygen atoms in total. The normalized spacial score (nSPS) is 19.2. The zero-order valence-corrected chi connectivity index (χ0v) is 12.2. The molecule has 0 bridgehead atoms. The van der Waals surface area contributed by atoms with Crippen LogP contribution in [-0.4, -0.2) is 50.9 Å². The summed E-state index contributed by atoms with van der Waals surface area (Å²) >= 11 is 0. The molecule has 1 heterocycles. The summed E-state index contributed by atoms with van der Waals surface area (Å²) in [6.07, 6.45) is 0.116. The Kier molecular flexibility index (Phi) is 5.42. The number of hydrogen-bond donors (Lipinski definition) is 1. The lowest BCUT2D eigenvalue weighted by atomic mass is 10.1. The molecular weight excluding hydrogens is 252 g/mol. The number of ether oxygens (including phenoxy) is 2. The van der Waals surface area contributed by atoms with Gasteiger partial charge in [-0.15, -0.1) is 0 Å². The van der Waals surface area contributed by atoms with Crippen molar-refractivity contribution in [3.8, 4) is 17.6 Å². The summed E-state index contributed by atoms with van der Waals surface area (Å²) < 4.78 is 11.6. The van der Waals surface area contributed by atoms with Crippen LogP contribution in [0.2, 0.25) is 0 Å². The smallest absolute Gasteiger partial charge is 0.135 e. The molecule has 20 heavy (non-hydrogen) atoms. The standard InChI is InChI=1S/C16H22N2O2/c1-13-5-6-16(14(10-13)4-3-7-17)20-12-15-11-18(2)8-9-19-15/h5-6,10,15H,7-9,11-12,17H2,1-2H3. The van der Waals surface area contributed by atoms with Gasteiger partial charge >= 0.3 is 0 Å². The number of hydrogen-bond acceptors (Lipinski definition) is 4.